The van der Waals surface area contributed by atoms with Crippen LogP contribution in [0, 0.1) is 5.82 Å². The Kier molecular flexibility index (Phi) is 11.8. The van der Waals surface area contributed by atoms with Crippen molar-refractivity contribution in [3.8, 4) is 0 Å². The van der Waals surface area contributed by atoms with Crippen LogP contribution in [-0.4, -0.2) is 62.2 Å². The second-order valence-electron chi connectivity index (χ2n) is 10.1. The minimum atomic E-state index is -4.20. The zero-order valence-corrected chi connectivity index (χ0v) is 26.3. The van der Waals surface area contributed by atoms with Gasteiger partial charge in [-0.15, -0.1) is 0 Å². The fraction of sp³-hybridized carbons (Fsp3) is 0.333. The molecule has 0 saturated carbocycles. The summed E-state index contributed by atoms with van der Waals surface area (Å²) in [5.74, 6) is -1.61. The van der Waals surface area contributed by atoms with Crippen molar-refractivity contribution in [2.24, 2.45) is 0 Å². The van der Waals surface area contributed by atoms with Crippen molar-refractivity contribution >= 4 is 50.9 Å². The molecule has 0 spiro atoms. The van der Waals surface area contributed by atoms with Crippen LogP contribution in [0.3, 0.4) is 0 Å². The van der Waals surface area contributed by atoms with E-state index < -0.39 is 40.4 Å². The average Bonchev–Trinajstić information content (AvgIpc) is 2.95. The number of anilines is 1. The maximum atomic E-state index is 14.2. The Morgan fingerprint density at radius 1 is 0.976 bits per heavy atom. The van der Waals surface area contributed by atoms with Gasteiger partial charge in [-0.3, -0.25) is 9.59 Å². The summed E-state index contributed by atoms with van der Waals surface area (Å²) in [7, 11) is -1.53. The molecule has 226 valence electrons. The van der Waals surface area contributed by atoms with E-state index in [2.05, 4.69) is 5.32 Å². The van der Waals surface area contributed by atoms with E-state index >= 15 is 0 Å². The minimum Gasteiger partial charge on any atom is -0.352 e. The van der Waals surface area contributed by atoms with Crippen LogP contribution in [0.2, 0.25) is 10.0 Å². The number of hydrogen-bond donors (Lipinski definition) is 1. The molecule has 3 aromatic carbocycles. The normalized spacial score (nSPS) is 13.0. The van der Waals surface area contributed by atoms with E-state index in [4.69, 9.17) is 23.2 Å². The number of halogens is 3. The first-order chi connectivity index (χ1) is 19.8. The van der Waals surface area contributed by atoms with Gasteiger partial charge in [-0.1, -0.05) is 66.5 Å². The molecular weight excluding hydrogens is 602 g/mol. The zero-order chi connectivity index (χ0) is 31.0. The molecule has 8 nitrogen and oxygen atoms in total. The number of benzene rings is 3. The quantitative estimate of drug-likeness (QED) is 0.276. The zero-order valence-electron chi connectivity index (χ0n) is 23.9. The molecule has 2 amide bonds. The van der Waals surface area contributed by atoms with Crippen molar-refractivity contribution in [2.45, 2.75) is 45.3 Å². The fourth-order valence-corrected chi connectivity index (χ4v) is 5.68. The van der Waals surface area contributed by atoms with E-state index in [1.807, 2.05) is 44.2 Å². The second kappa shape index (κ2) is 14.8. The summed E-state index contributed by atoms with van der Waals surface area (Å²) >= 11 is 12.6. The van der Waals surface area contributed by atoms with Gasteiger partial charge in [-0.2, -0.15) is 12.7 Å². The lowest BCUT2D eigenvalue weighted by Gasteiger charge is -2.35. The molecule has 12 heteroatoms. The lowest BCUT2D eigenvalue weighted by molar-refractivity contribution is -0.140. The van der Waals surface area contributed by atoms with Crippen LogP contribution in [-0.2, 0) is 32.8 Å². The summed E-state index contributed by atoms with van der Waals surface area (Å²) in [6, 6.07) is 17.6. The first-order valence-electron chi connectivity index (χ1n) is 13.4. The number of carbonyl (C=O) groups is 2. The number of carbonyl (C=O) groups excluding carboxylic acids is 2. The number of nitrogens with zero attached hydrogens (tertiary/aromatic N) is 3. The molecule has 0 fully saturated rings. The molecule has 0 radical (unpaired) electrons. The van der Waals surface area contributed by atoms with Crippen molar-refractivity contribution in [2.75, 3.05) is 24.9 Å². The van der Waals surface area contributed by atoms with E-state index in [0.717, 1.165) is 26.3 Å². The highest BCUT2D eigenvalue weighted by Gasteiger charge is 2.35. The standard InChI is InChI=1S/C30H35Cl2FN4O4S/c1-5-21(2)34-30(39)28(17-22-9-7-6-8-10-22)36(19-23-11-12-24(31)18-27(23)32)29(38)20-37(42(40,41)35(3)4)26-15-13-25(33)14-16-26/h6-16,18,21,28H,5,17,19-20H2,1-4H3,(H,34,39). The molecule has 3 aromatic rings. The van der Waals surface area contributed by atoms with Crippen LogP contribution in [0.15, 0.2) is 72.8 Å². The van der Waals surface area contributed by atoms with Gasteiger partial charge in [0.1, 0.15) is 18.4 Å². The first kappa shape index (κ1) is 33.3. The molecule has 0 heterocycles. The van der Waals surface area contributed by atoms with Crippen LogP contribution in [0.4, 0.5) is 10.1 Å². The van der Waals surface area contributed by atoms with E-state index in [9.17, 15) is 22.4 Å². The van der Waals surface area contributed by atoms with Gasteiger partial charge in [-0.05, 0) is 60.9 Å². The third kappa shape index (κ3) is 8.67. The highest BCUT2D eigenvalue weighted by atomic mass is 35.5. The van der Waals surface area contributed by atoms with E-state index in [0.29, 0.717) is 17.0 Å². The maximum absolute atomic E-state index is 14.2. The summed E-state index contributed by atoms with van der Waals surface area (Å²) in [5, 5.41) is 3.65. The van der Waals surface area contributed by atoms with Crippen LogP contribution in [0.5, 0.6) is 0 Å². The molecule has 0 saturated heterocycles. The fourth-order valence-electron chi connectivity index (χ4n) is 4.15. The van der Waals surface area contributed by atoms with Gasteiger partial charge < -0.3 is 10.2 Å². The number of nitrogens with one attached hydrogen (secondary N) is 1. The van der Waals surface area contributed by atoms with E-state index in [1.165, 1.54) is 37.2 Å². The molecule has 1 N–H and O–H groups in total. The Labute approximate surface area is 257 Å². The van der Waals surface area contributed by atoms with Gasteiger partial charge in [0.2, 0.25) is 11.8 Å². The smallest absolute Gasteiger partial charge is 0.304 e. The predicted octanol–water partition coefficient (Wildman–Crippen LogP) is 5.30. The molecule has 2 unspecified atom stereocenters. The molecule has 42 heavy (non-hydrogen) atoms. The van der Waals surface area contributed by atoms with Crippen molar-refractivity contribution in [3.05, 3.63) is 99.8 Å². The van der Waals surface area contributed by atoms with Gasteiger partial charge in [0.15, 0.2) is 0 Å². The van der Waals surface area contributed by atoms with Crippen LogP contribution >= 0.6 is 23.2 Å². The SMILES string of the molecule is CCC(C)NC(=O)C(Cc1ccccc1)N(Cc1ccc(Cl)cc1Cl)C(=O)CN(c1ccc(F)cc1)S(=O)(=O)N(C)C. The van der Waals surface area contributed by atoms with Crippen molar-refractivity contribution in [3.63, 3.8) is 0 Å². The van der Waals surface area contributed by atoms with Crippen LogP contribution in [0.1, 0.15) is 31.4 Å². The summed E-state index contributed by atoms with van der Waals surface area (Å²) in [5.41, 5.74) is 1.41. The summed E-state index contributed by atoms with van der Waals surface area (Å²) in [6.45, 7) is 3.04. The molecule has 0 aromatic heterocycles. The Morgan fingerprint density at radius 2 is 1.62 bits per heavy atom. The van der Waals surface area contributed by atoms with Gasteiger partial charge in [0.25, 0.3) is 0 Å². The second-order valence-corrected chi connectivity index (χ2v) is 13.0. The number of amides is 2. The van der Waals surface area contributed by atoms with E-state index in [1.54, 1.807) is 12.1 Å². The first-order valence-corrected chi connectivity index (χ1v) is 15.5. The molecule has 0 aliphatic carbocycles. The van der Waals surface area contributed by atoms with Gasteiger partial charge >= 0.3 is 10.2 Å². The van der Waals surface area contributed by atoms with Gasteiger partial charge in [0.05, 0.1) is 5.69 Å². The Hall–Kier alpha value is -3.18. The molecule has 0 bridgehead atoms. The third-order valence-corrected chi connectivity index (χ3v) is 9.17. The minimum absolute atomic E-state index is 0.0894. The average molecular weight is 638 g/mol. The van der Waals surface area contributed by atoms with Gasteiger partial charge in [-0.25, -0.2) is 8.70 Å². The maximum Gasteiger partial charge on any atom is 0.304 e. The number of hydrogen-bond acceptors (Lipinski definition) is 4. The molecular formula is C30H35Cl2FN4O4S. The lowest BCUT2D eigenvalue weighted by Crippen LogP contribution is -2.55. The molecule has 2 atom stereocenters. The van der Waals surface area contributed by atoms with Crippen LogP contribution in [0.25, 0.3) is 0 Å². The summed E-state index contributed by atoms with van der Waals surface area (Å²) in [4.78, 5) is 29.3. The monoisotopic (exact) mass is 636 g/mol. The number of rotatable bonds is 13. The third-order valence-electron chi connectivity index (χ3n) is 6.76. The van der Waals surface area contributed by atoms with Crippen molar-refractivity contribution < 1.29 is 22.4 Å². The van der Waals surface area contributed by atoms with Gasteiger partial charge in [0, 0.05) is 43.1 Å². The molecule has 0 aliphatic rings. The molecule has 3 rings (SSSR count). The lowest BCUT2D eigenvalue weighted by atomic mass is 10.0. The highest BCUT2D eigenvalue weighted by Crippen LogP contribution is 2.26. The Balaban J connectivity index is 2.12. The summed E-state index contributed by atoms with van der Waals surface area (Å²) < 4.78 is 42.3. The summed E-state index contributed by atoms with van der Waals surface area (Å²) in [6.07, 6.45) is 0.831. The predicted molar refractivity (Wildman–Crippen MR) is 165 cm³/mol. The largest absolute Gasteiger partial charge is 0.352 e. The van der Waals surface area contributed by atoms with Crippen molar-refractivity contribution in [1.82, 2.24) is 14.5 Å². The van der Waals surface area contributed by atoms with Crippen LogP contribution < -0.4 is 9.62 Å². The van der Waals surface area contributed by atoms with E-state index in [-0.39, 0.29) is 29.7 Å². The van der Waals surface area contributed by atoms with Crippen molar-refractivity contribution in [1.29, 1.82) is 0 Å². The topological polar surface area (TPSA) is 90.0 Å². The molecule has 0 aliphatic heterocycles. The Bertz CT molecular complexity index is 1470. The highest BCUT2D eigenvalue weighted by molar-refractivity contribution is 7.90. The Morgan fingerprint density at radius 3 is 2.19 bits per heavy atom.